The number of hydrogen-bond acceptors (Lipinski definition) is 3. The van der Waals surface area contributed by atoms with Gasteiger partial charge in [0.2, 0.25) is 0 Å². The minimum absolute atomic E-state index is 0.244. The van der Waals surface area contributed by atoms with Gasteiger partial charge in [0.25, 0.3) is 0 Å². The summed E-state index contributed by atoms with van der Waals surface area (Å²) in [4.78, 5) is 0. The molecule has 118 valence electrons. The van der Waals surface area contributed by atoms with Crippen LogP contribution in [-0.2, 0) is 15.9 Å². The molecule has 0 amide bonds. The molecule has 3 nitrogen and oxygen atoms in total. The number of unbranched alkanes of at least 4 members (excludes halogenated alkanes) is 1. The zero-order valence-corrected chi connectivity index (χ0v) is 13.4. The molecule has 2 rings (SSSR count). The number of aryl methyl sites for hydroxylation is 1. The first-order valence-corrected chi connectivity index (χ1v) is 8.31. The van der Waals surface area contributed by atoms with E-state index in [-0.39, 0.29) is 6.10 Å². The molecule has 1 aliphatic rings. The molecule has 0 saturated heterocycles. The Bertz CT molecular complexity index is 408. The molecule has 1 aromatic rings. The summed E-state index contributed by atoms with van der Waals surface area (Å²) in [7, 11) is 2.03. The highest BCUT2D eigenvalue weighted by Gasteiger charge is 2.26. The van der Waals surface area contributed by atoms with Crippen molar-refractivity contribution in [1.29, 1.82) is 0 Å². The largest absolute Gasteiger partial charge is 0.379 e. The van der Waals surface area contributed by atoms with Crippen molar-refractivity contribution >= 4 is 0 Å². The van der Waals surface area contributed by atoms with E-state index >= 15 is 0 Å². The average Bonchev–Trinajstić information content (AvgIpc) is 2.69. The van der Waals surface area contributed by atoms with Crippen LogP contribution in [0.5, 0.6) is 0 Å². The van der Waals surface area contributed by atoms with Crippen LogP contribution in [0.3, 0.4) is 0 Å². The van der Waals surface area contributed by atoms with E-state index in [0.29, 0.717) is 19.3 Å². The topological polar surface area (TPSA) is 30.5 Å². The Morgan fingerprint density at radius 2 is 2.05 bits per heavy atom. The van der Waals surface area contributed by atoms with Crippen molar-refractivity contribution in [3.8, 4) is 0 Å². The van der Waals surface area contributed by atoms with E-state index in [0.717, 1.165) is 25.9 Å². The summed E-state index contributed by atoms with van der Waals surface area (Å²) in [6.45, 7) is 4.42. The van der Waals surface area contributed by atoms with Crippen LogP contribution in [0, 0.1) is 0 Å². The van der Waals surface area contributed by atoms with Crippen LogP contribution in [0.25, 0.3) is 0 Å². The molecular weight excluding hydrogens is 262 g/mol. The summed E-state index contributed by atoms with van der Waals surface area (Å²) in [5.41, 5.74) is 2.86. The van der Waals surface area contributed by atoms with Crippen molar-refractivity contribution in [2.45, 2.75) is 51.2 Å². The smallest absolute Gasteiger partial charge is 0.0771 e. The Morgan fingerprint density at radius 1 is 1.19 bits per heavy atom. The van der Waals surface area contributed by atoms with E-state index in [1.807, 2.05) is 7.05 Å². The highest BCUT2D eigenvalue weighted by atomic mass is 16.5. The lowest BCUT2D eigenvalue weighted by Crippen LogP contribution is -2.32. The summed E-state index contributed by atoms with van der Waals surface area (Å²) in [5, 5.41) is 3.45. The Kier molecular flexibility index (Phi) is 7.20. The molecule has 0 saturated carbocycles. The predicted octanol–water partition coefficient (Wildman–Crippen LogP) is 3.49. The second-order valence-electron chi connectivity index (χ2n) is 5.73. The molecule has 21 heavy (non-hydrogen) atoms. The lowest BCUT2D eigenvalue weighted by atomic mass is 9.98. The van der Waals surface area contributed by atoms with Gasteiger partial charge in [-0.25, -0.2) is 0 Å². The maximum atomic E-state index is 6.12. The fourth-order valence-electron chi connectivity index (χ4n) is 3.05. The molecule has 1 N–H and O–H groups in total. The van der Waals surface area contributed by atoms with Crippen molar-refractivity contribution in [1.82, 2.24) is 5.32 Å². The number of fused-ring (bicyclic) bond motifs is 1. The standard InChI is InChI=1S/C18H29NO2/c1-3-4-12-20-13-14-21-17-11-7-9-15-8-5-6-10-16(15)18(17)19-2/h5-6,8,10,17-19H,3-4,7,9,11-14H2,1-2H3. The number of nitrogens with one attached hydrogen (secondary N) is 1. The van der Waals surface area contributed by atoms with E-state index in [9.17, 15) is 0 Å². The fraction of sp³-hybridized carbons (Fsp3) is 0.667. The Balaban J connectivity index is 1.87. The lowest BCUT2D eigenvalue weighted by molar-refractivity contribution is -0.0145. The summed E-state index contributed by atoms with van der Waals surface area (Å²) in [6.07, 6.45) is 6.01. The summed E-state index contributed by atoms with van der Waals surface area (Å²) >= 11 is 0. The Hall–Kier alpha value is -0.900. The van der Waals surface area contributed by atoms with Gasteiger partial charge >= 0.3 is 0 Å². The molecule has 0 heterocycles. The molecule has 0 radical (unpaired) electrons. The monoisotopic (exact) mass is 291 g/mol. The van der Waals surface area contributed by atoms with Crippen molar-refractivity contribution in [3.63, 3.8) is 0 Å². The van der Waals surface area contributed by atoms with E-state index in [1.54, 1.807) is 0 Å². The van der Waals surface area contributed by atoms with Gasteiger partial charge in [0.1, 0.15) is 0 Å². The predicted molar refractivity (Wildman–Crippen MR) is 86.6 cm³/mol. The first kappa shape index (κ1) is 16.5. The average molecular weight is 291 g/mol. The first-order valence-electron chi connectivity index (χ1n) is 8.31. The van der Waals surface area contributed by atoms with E-state index in [1.165, 1.54) is 24.0 Å². The zero-order valence-electron chi connectivity index (χ0n) is 13.4. The van der Waals surface area contributed by atoms with Crippen LogP contribution in [-0.4, -0.2) is 33.0 Å². The van der Waals surface area contributed by atoms with Crippen molar-refractivity contribution in [2.24, 2.45) is 0 Å². The number of likely N-dealkylation sites (N-methyl/N-ethyl adjacent to an activating group) is 1. The van der Waals surface area contributed by atoms with Crippen LogP contribution in [0.15, 0.2) is 24.3 Å². The Labute approximate surface area is 129 Å². The second-order valence-corrected chi connectivity index (χ2v) is 5.73. The maximum absolute atomic E-state index is 6.12. The van der Waals surface area contributed by atoms with Gasteiger partial charge in [-0.3, -0.25) is 0 Å². The van der Waals surface area contributed by atoms with Gasteiger partial charge in [-0.15, -0.1) is 0 Å². The van der Waals surface area contributed by atoms with Crippen LogP contribution in [0.2, 0.25) is 0 Å². The van der Waals surface area contributed by atoms with Gasteiger partial charge in [0.05, 0.1) is 25.4 Å². The molecule has 1 aromatic carbocycles. The van der Waals surface area contributed by atoms with Crippen LogP contribution in [0.1, 0.15) is 49.8 Å². The number of hydrogen-bond donors (Lipinski definition) is 1. The molecule has 2 atom stereocenters. The maximum Gasteiger partial charge on any atom is 0.0771 e. The fourth-order valence-corrected chi connectivity index (χ4v) is 3.05. The second kappa shape index (κ2) is 9.19. The van der Waals surface area contributed by atoms with Crippen LogP contribution in [0.4, 0.5) is 0 Å². The molecule has 3 heteroatoms. The molecule has 0 spiro atoms. The number of rotatable bonds is 8. The van der Waals surface area contributed by atoms with Gasteiger partial charge in [0, 0.05) is 6.61 Å². The third-order valence-electron chi connectivity index (χ3n) is 4.21. The molecule has 2 unspecified atom stereocenters. The molecule has 0 bridgehead atoms. The minimum Gasteiger partial charge on any atom is -0.379 e. The van der Waals surface area contributed by atoms with E-state index in [2.05, 4.69) is 36.5 Å². The number of ether oxygens (including phenoxy) is 2. The quantitative estimate of drug-likeness (QED) is 0.587. The first-order chi connectivity index (χ1) is 10.4. The normalized spacial score (nSPS) is 21.8. The van der Waals surface area contributed by atoms with Crippen LogP contribution >= 0.6 is 0 Å². The minimum atomic E-state index is 0.244. The lowest BCUT2D eigenvalue weighted by Gasteiger charge is -2.26. The molecular formula is C18H29NO2. The summed E-state index contributed by atoms with van der Waals surface area (Å²) < 4.78 is 11.7. The van der Waals surface area contributed by atoms with Gasteiger partial charge in [0.15, 0.2) is 0 Å². The summed E-state index contributed by atoms with van der Waals surface area (Å²) in [5.74, 6) is 0. The third kappa shape index (κ3) is 4.80. The molecule has 1 aliphatic carbocycles. The number of benzene rings is 1. The summed E-state index contributed by atoms with van der Waals surface area (Å²) in [6, 6.07) is 9.03. The van der Waals surface area contributed by atoms with Gasteiger partial charge < -0.3 is 14.8 Å². The highest BCUT2D eigenvalue weighted by molar-refractivity contribution is 5.32. The van der Waals surface area contributed by atoms with Crippen molar-refractivity contribution in [3.05, 3.63) is 35.4 Å². The SMILES string of the molecule is CCCCOCCOC1CCCc2ccccc2C1NC. The molecule has 0 aromatic heterocycles. The zero-order chi connectivity index (χ0) is 14.9. The van der Waals surface area contributed by atoms with Crippen LogP contribution < -0.4 is 5.32 Å². The molecule has 0 fully saturated rings. The highest BCUT2D eigenvalue weighted by Crippen LogP contribution is 2.30. The van der Waals surface area contributed by atoms with Gasteiger partial charge in [-0.2, -0.15) is 0 Å². The van der Waals surface area contributed by atoms with Gasteiger partial charge in [-0.05, 0) is 43.9 Å². The third-order valence-corrected chi connectivity index (χ3v) is 4.21. The van der Waals surface area contributed by atoms with E-state index < -0.39 is 0 Å². The van der Waals surface area contributed by atoms with E-state index in [4.69, 9.17) is 9.47 Å². The van der Waals surface area contributed by atoms with Crippen molar-refractivity contribution < 1.29 is 9.47 Å². The van der Waals surface area contributed by atoms with Gasteiger partial charge in [-0.1, -0.05) is 37.6 Å². The van der Waals surface area contributed by atoms with Crippen molar-refractivity contribution in [2.75, 3.05) is 26.9 Å². The Morgan fingerprint density at radius 3 is 2.86 bits per heavy atom. The molecule has 0 aliphatic heterocycles.